The van der Waals surface area contributed by atoms with E-state index in [9.17, 15) is 0 Å². The molecule has 2 aromatic rings. The van der Waals surface area contributed by atoms with Gasteiger partial charge in [0.1, 0.15) is 11.3 Å². The van der Waals surface area contributed by atoms with Crippen LogP contribution in [0.5, 0.6) is 0 Å². The number of hydrogen-bond donors (Lipinski definition) is 0. The molecule has 0 N–H and O–H groups in total. The first-order valence-electron chi connectivity index (χ1n) is 6.85. The molecule has 0 radical (unpaired) electrons. The molecule has 5 heteroatoms. The maximum Gasteiger partial charge on any atom is 0.160 e. The molecule has 0 aromatic carbocycles. The number of halogens is 1. The molecule has 0 fully saturated rings. The molecule has 0 aliphatic heterocycles. The van der Waals surface area contributed by atoms with Gasteiger partial charge in [-0.25, -0.2) is 9.97 Å². The van der Waals surface area contributed by atoms with Gasteiger partial charge in [0, 0.05) is 19.3 Å². The number of alkyl halides is 1. The van der Waals surface area contributed by atoms with E-state index in [1.54, 1.807) is 0 Å². The number of aryl methyl sites for hydroxylation is 1. The summed E-state index contributed by atoms with van der Waals surface area (Å²) < 4.78 is 2.16. The Morgan fingerprint density at radius 1 is 1.35 bits per heavy atom. The molecule has 0 amide bonds. The zero-order chi connectivity index (χ0) is 14.9. The lowest BCUT2D eigenvalue weighted by Crippen LogP contribution is -2.32. The average molecular weight is 295 g/mol. The Labute approximate surface area is 125 Å². The molecule has 0 bridgehead atoms. The summed E-state index contributed by atoms with van der Waals surface area (Å²) >= 11 is 6.06. The Hall–Kier alpha value is -1.13. The molecule has 20 heavy (non-hydrogen) atoms. The van der Waals surface area contributed by atoms with Crippen LogP contribution >= 0.6 is 11.6 Å². The van der Waals surface area contributed by atoms with Gasteiger partial charge in [-0.15, -0.1) is 11.6 Å². The van der Waals surface area contributed by atoms with Crippen molar-refractivity contribution in [3.05, 3.63) is 23.7 Å². The molecule has 0 aliphatic carbocycles. The highest BCUT2D eigenvalue weighted by atomic mass is 35.5. The van der Waals surface area contributed by atoms with Crippen LogP contribution in [-0.4, -0.2) is 40.1 Å². The predicted octanol–water partition coefficient (Wildman–Crippen LogP) is 3.07. The Morgan fingerprint density at radius 2 is 2.05 bits per heavy atom. The number of pyridine rings is 1. The van der Waals surface area contributed by atoms with Gasteiger partial charge in [0.15, 0.2) is 5.65 Å². The van der Waals surface area contributed by atoms with Crippen LogP contribution in [0.1, 0.15) is 25.2 Å². The van der Waals surface area contributed by atoms with Gasteiger partial charge in [0.05, 0.1) is 5.88 Å². The molecule has 2 heterocycles. The smallest absolute Gasteiger partial charge is 0.160 e. The van der Waals surface area contributed by atoms with Gasteiger partial charge >= 0.3 is 0 Å². The first-order chi connectivity index (χ1) is 9.32. The maximum atomic E-state index is 6.06. The monoisotopic (exact) mass is 294 g/mol. The fraction of sp³-hybridized carbons (Fsp3) is 0.600. The van der Waals surface area contributed by atoms with Gasteiger partial charge in [0.2, 0.25) is 0 Å². The minimum atomic E-state index is 0.129. The molecule has 0 spiro atoms. The van der Waals surface area contributed by atoms with Crippen LogP contribution in [0, 0.1) is 12.3 Å². The van der Waals surface area contributed by atoms with Crippen LogP contribution in [0.25, 0.3) is 11.2 Å². The molecule has 0 aliphatic rings. The van der Waals surface area contributed by atoms with E-state index >= 15 is 0 Å². The highest BCUT2D eigenvalue weighted by molar-refractivity contribution is 6.16. The summed E-state index contributed by atoms with van der Waals surface area (Å²) in [5.41, 5.74) is 3.11. The summed E-state index contributed by atoms with van der Waals surface area (Å²) in [6.07, 6.45) is 1.89. The molecule has 4 nitrogen and oxygen atoms in total. The molecule has 2 rings (SSSR count). The minimum Gasteiger partial charge on any atom is -0.311 e. The Bertz CT molecular complexity index is 601. The van der Waals surface area contributed by atoms with Crippen molar-refractivity contribution in [2.24, 2.45) is 5.41 Å². The van der Waals surface area contributed by atoms with Crippen molar-refractivity contribution in [3.63, 3.8) is 0 Å². The second-order valence-corrected chi connectivity index (χ2v) is 6.77. The summed E-state index contributed by atoms with van der Waals surface area (Å²) in [6, 6.07) is 2.06. The summed E-state index contributed by atoms with van der Waals surface area (Å²) in [5, 5.41) is 0. The molecular weight excluding hydrogens is 272 g/mol. The average Bonchev–Trinajstić information content (AvgIpc) is 2.64. The number of aromatic nitrogens is 3. The van der Waals surface area contributed by atoms with Gasteiger partial charge < -0.3 is 9.47 Å². The van der Waals surface area contributed by atoms with E-state index in [0.717, 1.165) is 35.6 Å². The first kappa shape index (κ1) is 15.3. The lowest BCUT2D eigenvalue weighted by Gasteiger charge is -2.29. The van der Waals surface area contributed by atoms with Crippen molar-refractivity contribution < 1.29 is 0 Å². The normalized spacial score (nSPS) is 12.6. The van der Waals surface area contributed by atoms with E-state index in [4.69, 9.17) is 11.6 Å². The predicted molar refractivity (Wildman–Crippen MR) is 84.2 cm³/mol. The van der Waals surface area contributed by atoms with E-state index in [1.807, 2.05) is 13.1 Å². The molecule has 0 atom stereocenters. The van der Waals surface area contributed by atoms with E-state index < -0.39 is 0 Å². The van der Waals surface area contributed by atoms with Crippen LogP contribution in [0.15, 0.2) is 12.3 Å². The minimum absolute atomic E-state index is 0.129. The van der Waals surface area contributed by atoms with Crippen LogP contribution in [0.4, 0.5) is 0 Å². The van der Waals surface area contributed by atoms with Crippen molar-refractivity contribution in [2.45, 2.75) is 33.2 Å². The quantitative estimate of drug-likeness (QED) is 0.795. The Balaban J connectivity index is 2.42. The zero-order valence-electron chi connectivity index (χ0n) is 12.9. The first-order valence-corrected chi connectivity index (χ1v) is 7.38. The van der Waals surface area contributed by atoms with Crippen LogP contribution < -0.4 is 0 Å². The van der Waals surface area contributed by atoms with Gasteiger partial charge in [-0.3, -0.25) is 0 Å². The maximum absolute atomic E-state index is 6.06. The van der Waals surface area contributed by atoms with Gasteiger partial charge in [0.25, 0.3) is 0 Å². The lowest BCUT2D eigenvalue weighted by molar-refractivity contribution is 0.211. The molecule has 2 aromatic heterocycles. The summed E-state index contributed by atoms with van der Waals surface area (Å²) in [5.74, 6) is 1.31. The third kappa shape index (κ3) is 3.30. The van der Waals surface area contributed by atoms with E-state index in [-0.39, 0.29) is 5.41 Å². The summed E-state index contributed by atoms with van der Waals surface area (Å²) in [6.45, 7) is 8.40. The summed E-state index contributed by atoms with van der Waals surface area (Å²) in [4.78, 5) is 11.4. The second kappa shape index (κ2) is 5.70. The number of fused-ring (bicyclic) bond motifs is 1. The number of rotatable bonds is 5. The van der Waals surface area contributed by atoms with Crippen molar-refractivity contribution in [1.29, 1.82) is 0 Å². The van der Waals surface area contributed by atoms with Crippen LogP contribution in [0.2, 0.25) is 0 Å². The van der Waals surface area contributed by atoms with E-state index in [1.165, 1.54) is 0 Å². The number of nitrogens with zero attached hydrogens (tertiary/aromatic N) is 4. The van der Waals surface area contributed by atoms with Gasteiger partial charge in [-0.2, -0.15) is 0 Å². The SMILES string of the molecule is Cc1cnc2c(c1)nc(CCl)n2CC(C)(C)CN(C)C. The number of hydrogen-bond acceptors (Lipinski definition) is 3. The van der Waals surface area contributed by atoms with Gasteiger partial charge in [-0.05, 0) is 38.1 Å². The highest BCUT2D eigenvalue weighted by Crippen LogP contribution is 2.24. The highest BCUT2D eigenvalue weighted by Gasteiger charge is 2.23. The molecular formula is C15H23ClN4. The van der Waals surface area contributed by atoms with Crippen molar-refractivity contribution in [3.8, 4) is 0 Å². The fourth-order valence-electron chi connectivity index (χ4n) is 2.76. The topological polar surface area (TPSA) is 34.0 Å². The fourth-order valence-corrected chi connectivity index (χ4v) is 2.96. The molecule has 0 saturated carbocycles. The standard InChI is InChI=1S/C15H23ClN4/c1-11-6-12-14(17-8-11)20(13(7-16)18-12)10-15(2,3)9-19(4)5/h6,8H,7,9-10H2,1-5H3. The van der Waals surface area contributed by atoms with E-state index in [0.29, 0.717) is 5.88 Å². The van der Waals surface area contributed by atoms with Crippen molar-refractivity contribution >= 4 is 22.8 Å². The van der Waals surface area contributed by atoms with Crippen molar-refractivity contribution in [1.82, 2.24) is 19.4 Å². The Kier molecular flexibility index (Phi) is 4.35. The third-order valence-corrected chi connectivity index (χ3v) is 3.49. The molecule has 0 saturated heterocycles. The van der Waals surface area contributed by atoms with E-state index in [2.05, 4.69) is 53.4 Å². The Morgan fingerprint density at radius 3 is 2.65 bits per heavy atom. The van der Waals surface area contributed by atoms with Gasteiger partial charge in [-0.1, -0.05) is 13.8 Å². The summed E-state index contributed by atoms with van der Waals surface area (Å²) in [7, 11) is 4.19. The number of imidazole rings is 1. The van der Waals surface area contributed by atoms with Crippen LogP contribution in [0.3, 0.4) is 0 Å². The van der Waals surface area contributed by atoms with Crippen LogP contribution in [-0.2, 0) is 12.4 Å². The third-order valence-electron chi connectivity index (χ3n) is 3.25. The second-order valence-electron chi connectivity index (χ2n) is 6.51. The molecule has 0 unspecified atom stereocenters. The largest absolute Gasteiger partial charge is 0.311 e. The molecule has 110 valence electrons. The zero-order valence-corrected chi connectivity index (χ0v) is 13.7. The van der Waals surface area contributed by atoms with Crippen molar-refractivity contribution in [2.75, 3.05) is 20.6 Å². The lowest BCUT2D eigenvalue weighted by atomic mass is 9.93.